The first-order valence-corrected chi connectivity index (χ1v) is 6.56. The summed E-state index contributed by atoms with van der Waals surface area (Å²) in [6.07, 6.45) is 1.20. The third kappa shape index (κ3) is 1.90. The standard InChI is InChI=1S/C12H15N3S/c1-2-5-11-10(4-1)14-12(16-11)15-8-3-6-13-7-9-15/h1-2,4-5,13H,3,6-9H2. The highest BCUT2D eigenvalue weighted by Crippen LogP contribution is 2.28. The van der Waals surface area contributed by atoms with Gasteiger partial charge >= 0.3 is 0 Å². The lowest BCUT2D eigenvalue weighted by molar-refractivity contribution is 0.724. The van der Waals surface area contributed by atoms with E-state index < -0.39 is 0 Å². The molecule has 1 aromatic heterocycles. The minimum Gasteiger partial charge on any atom is -0.347 e. The fourth-order valence-corrected chi connectivity index (χ4v) is 3.05. The predicted molar refractivity (Wildman–Crippen MR) is 69.3 cm³/mol. The fourth-order valence-electron chi connectivity index (χ4n) is 2.03. The van der Waals surface area contributed by atoms with Gasteiger partial charge in [0.15, 0.2) is 5.13 Å². The topological polar surface area (TPSA) is 28.2 Å². The molecule has 0 unspecified atom stereocenters. The highest BCUT2D eigenvalue weighted by atomic mass is 32.1. The molecule has 1 saturated heterocycles. The number of fused-ring (bicyclic) bond motifs is 1. The zero-order valence-corrected chi connectivity index (χ0v) is 9.96. The van der Waals surface area contributed by atoms with Crippen molar-refractivity contribution in [2.75, 3.05) is 31.1 Å². The Morgan fingerprint density at radius 3 is 3.06 bits per heavy atom. The van der Waals surface area contributed by atoms with Crippen LogP contribution in [0.1, 0.15) is 6.42 Å². The Labute approximate surface area is 99.1 Å². The maximum atomic E-state index is 4.69. The Hall–Kier alpha value is -1.13. The largest absolute Gasteiger partial charge is 0.347 e. The third-order valence-electron chi connectivity index (χ3n) is 2.89. The van der Waals surface area contributed by atoms with Gasteiger partial charge in [-0.3, -0.25) is 0 Å². The number of rotatable bonds is 1. The molecule has 0 aliphatic carbocycles. The highest BCUT2D eigenvalue weighted by molar-refractivity contribution is 7.22. The van der Waals surface area contributed by atoms with Gasteiger partial charge in [0.2, 0.25) is 0 Å². The van der Waals surface area contributed by atoms with E-state index in [0.29, 0.717) is 0 Å². The molecule has 0 atom stereocenters. The summed E-state index contributed by atoms with van der Waals surface area (Å²) < 4.78 is 1.29. The molecule has 2 heterocycles. The van der Waals surface area contributed by atoms with Gasteiger partial charge < -0.3 is 10.2 Å². The Morgan fingerprint density at radius 2 is 2.12 bits per heavy atom. The van der Waals surface area contributed by atoms with Crippen LogP contribution in [0.25, 0.3) is 10.2 Å². The summed E-state index contributed by atoms with van der Waals surface area (Å²) in [6, 6.07) is 8.36. The van der Waals surface area contributed by atoms with Gasteiger partial charge in [0, 0.05) is 19.6 Å². The average molecular weight is 233 g/mol. The van der Waals surface area contributed by atoms with Gasteiger partial charge in [-0.05, 0) is 25.1 Å². The summed E-state index contributed by atoms with van der Waals surface area (Å²) in [5, 5.41) is 4.59. The van der Waals surface area contributed by atoms with Gasteiger partial charge in [-0.1, -0.05) is 23.5 Å². The lowest BCUT2D eigenvalue weighted by Gasteiger charge is -2.17. The molecule has 0 spiro atoms. The predicted octanol–water partition coefficient (Wildman–Crippen LogP) is 2.10. The molecule has 16 heavy (non-hydrogen) atoms. The van der Waals surface area contributed by atoms with E-state index in [1.54, 1.807) is 11.3 Å². The smallest absolute Gasteiger partial charge is 0.186 e. The van der Waals surface area contributed by atoms with Crippen LogP contribution in [0.3, 0.4) is 0 Å². The Morgan fingerprint density at radius 1 is 1.19 bits per heavy atom. The van der Waals surface area contributed by atoms with E-state index in [9.17, 15) is 0 Å². The van der Waals surface area contributed by atoms with Crippen LogP contribution in [0.15, 0.2) is 24.3 Å². The number of thiazole rings is 1. The van der Waals surface area contributed by atoms with E-state index in [1.807, 2.05) is 0 Å². The molecule has 1 N–H and O–H groups in total. The van der Waals surface area contributed by atoms with Crippen LogP contribution in [0, 0.1) is 0 Å². The van der Waals surface area contributed by atoms with Crippen molar-refractivity contribution in [3.63, 3.8) is 0 Å². The van der Waals surface area contributed by atoms with E-state index in [1.165, 1.54) is 16.3 Å². The second-order valence-electron chi connectivity index (χ2n) is 4.05. The lowest BCUT2D eigenvalue weighted by Crippen LogP contribution is -2.27. The molecule has 3 nitrogen and oxygen atoms in total. The van der Waals surface area contributed by atoms with Crippen LogP contribution in [0.2, 0.25) is 0 Å². The molecule has 1 fully saturated rings. The van der Waals surface area contributed by atoms with Crippen LogP contribution in [-0.2, 0) is 0 Å². The first-order chi connectivity index (χ1) is 7.93. The molecule has 0 radical (unpaired) electrons. The normalized spacial score (nSPS) is 17.6. The Balaban J connectivity index is 1.92. The average Bonchev–Trinajstić information content (AvgIpc) is 2.56. The number of nitrogens with one attached hydrogen (secondary N) is 1. The van der Waals surface area contributed by atoms with E-state index >= 15 is 0 Å². The van der Waals surface area contributed by atoms with Crippen molar-refractivity contribution in [3.05, 3.63) is 24.3 Å². The molecule has 1 aromatic carbocycles. The van der Waals surface area contributed by atoms with Gasteiger partial charge in [-0.2, -0.15) is 0 Å². The minimum absolute atomic E-state index is 1.07. The van der Waals surface area contributed by atoms with Crippen molar-refractivity contribution in [2.45, 2.75) is 6.42 Å². The summed E-state index contributed by atoms with van der Waals surface area (Å²) in [6.45, 7) is 4.38. The summed E-state index contributed by atoms with van der Waals surface area (Å²) in [5.74, 6) is 0. The number of nitrogens with zero attached hydrogens (tertiary/aromatic N) is 2. The first kappa shape index (κ1) is 10.1. The van der Waals surface area contributed by atoms with Crippen LogP contribution in [-0.4, -0.2) is 31.2 Å². The van der Waals surface area contributed by atoms with Crippen molar-refractivity contribution in [1.82, 2.24) is 10.3 Å². The Bertz CT molecular complexity index is 439. The minimum atomic E-state index is 1.07. The van der Waals surface area contributed by atoms with Crippen LogP contribution in [0.5, 0.6) is 0 Å². The molecule has 84 valence electrons. The first-order valence-electron chi connectivity index (χ1n) is 5.75. The van der Waals surface area contributed by atoms with Gasteiger partial charge in [0.25, 0.3) is 0 Å². The van der Waals surface area contributed by atoms with Gasteiger partial charge in [0.05, 0.1) is 10.2 Å². The monoisotopic (exact) mass is 233 g/mol. The quantitative estimate of drug-likeness (QED) is 0.817. The molecule has 2 aromatic rings. The number of hydrogen-bond acceptors (Lipinski definition) is 4. The molecule has 1 aliphatic heterocycles. The fraction of sp³-hybridized carbons (Fsp3) is 0.417. The number of benzene rings is 1. The van der Waals surface area contributed by atoms with Crippen LogP contribution < -0.4 is 10.2 Å². The molecule has 3 rings (SSSR count). The van der Waals surface area contributed by atoms with Crippen LogP contribution >= 0.6 is 11.3 Å². The van der Waals surface area contributed by atoms with Crippen molar-refractivity contribution in [3.8, 4) is 0 Å². The zero-order chi connectivity index (χ0) is 10.8. The molecule has 1 aliphatic rings. The van der Waals surface area contributed by atoms with Gasteiger partial charge in [-0.15, -0.1) is 0 Å². The summed E-state index contributed by atoms with van der Waals surface area (Å²) in [7, 11) is 0. The second-order valence-corrected chi connectivity index (χ2v) is 5.06. The SMILES string of the molecule is c1ccc2sc(N3CCCNCC3)nc2c1. The van der Waals surface area contributed by atoms with Gasteiger partial charge in [0.1, 0.15) is 0 Å². The number of para-hydroxylation sites is 1. The van der Waals surface area contributed by atoms with Crippen molar-refractivity contribution in [2.24, 2.45) is 0 Å². The number of aromatic nitrogens is 1. The number of anilines is 1. The number of hydrogen-bond donors (Lipinski definition) is 1. The van der Waals surface area contributed by atoms with Crippen LogP contribution in [0.4, 0.5) is 5.13 Å². The summed E-state index contributed by atoms with van der Waals surface area (Å²) >= 11 is 1.80. The molecular formula is C12H15N3S. The maximum Gasteiger partial charge on any atom is 0.186 e. The summed E-state index contributed by atoms with van der Waals surface area (Å²) in [5.41, 5.74) is 1.12. The maximum absolute atomic E-state index is 4.69. The van der Waals surface area contributed by atoms with E-state index in [2.05, 4.69) is 34.5 Å². The molecule has 4 heteroatoms. The molecular weight excluding hydrogens is 218 g/mol. The second kappa shape index (κ2) is 4.39. The molecule has 0 saturated carbocycles. The Kier molecular flexibility index (Phi) is 2.76. The van der Waals surface area contributed by atoms with Crippen molar-refractivity contribution >= 4 is 26.7 Å². The van der Waals surface area contributed by atoms with Crippen molar-refractivity contribution in [1.29, 1.82) is 0 Å². The zero-order valence-electron chi connectivity index (χ0n) is 9.15. The van der Waals surface area contributed by atoms with E-state index in [0.717, 1.165) is 31.7 Å². The highest BCUT2D eigenvalue weighted by Gasteiger charge is 2.13. The molecule has 0 bridgehead atoms. The van der Waals surface area contributed by atoms with E-state index in [-0.39, 0.29) is 0 Å². The third-order valence-corrected chi connectivity index (χ3v) is 3.99. The van der Waals surface area contributed by atoms with Crippen molar-refractivity contribution < 1.29 is 0 Å². The molecule has 0 amide bonds. The van der Waals surface area contributed by atoms with E-state index in [4.69, 9.17) is 4.98 Å². The lowest BCUT2D eigenvalue weighted by atomic mass is 10.3. The van der Waals surface area contributed by atoms with Gasteiger partial charge in [-0.25, -0.2) is 4.98 Å². The summed E-state index contributed by atoms with van der Waals surface area (Å²) in [4.78, 5) is 7.09.